The third kappa shape index (κ3) is 2.11. The Morgan fingerprint density at radius 2 is 2.04 bits per heavy atom. The number of carbonyl (C=O) groups is 2. The predicted octanol–water partition coefficient (Wildman–Crippen LogP) is 2.87. The maximum atomic E-state index is 12.1. The van der Waals surface area contributed by atoms with Gasteiger partial charge >= 0.3 is 0 Å². The minimum Gasteiger partial charge on any atom is -0.370 e. The first kappa shape index (κ1) is 16.2. The van der Waals surface area contributed by atoms with Crippen molar-refractivity contribution in [3.05, 3.63) is 12.2 Å². The Morgan fingerprint density at radius 3 is 2.79 bits per heavy atom. The molecular formula is C20H30N2O2. The molecule has 3 saturated carbocycles. The molecule has 24 heavy (non-hydrogen) atoms. The second-order valence-electron chi connectivity index (χ2n) is 9.05. The van der Waals surface area contributed by atoms with Gasteiger partial charge < -0.3 is 10.6 Å². The minimum absolute atomic E-state index is 0.0903. The van der Waals surface area contributed by atoms with Crippen LogP contribution in [0.5, 0.6) is 0 Å². The highest BCUT2D eigenvalue weighted by atomic mass is 16.2. The lowest BCUT2D eigenvalue weighted by atomic mass is 9.48. The van der Waals surface area contributed by atoms with Crippen molar-refractivity contribution in [2.75, 3.05) is 7.05 Å². The molecule has 4 heteroatoms. The standard InChI is InChI=1S/C20H30N2O2/c1-19-10-8-18(24)22(2)16(19)6-5-13-14(19)7-11-20(12-17(21)23)9-3-4-15(13)20/h8,10,13-16H,3-7,9,11-12H2,1-2H3,(H2,21,23)/t13-,14+,15+,16?,19-,20+/m1/s1. The van der Waals surface area contributed by atoms with Crippen molar-refractivity contribution in [2.45, 2.75) is 64.3 Å². The number of fused-ring (bicyclic) bond motifs is 5. The Labute approximate surface area is 144 Å². The molecule has 0 aromatic carbocycles. The number of amides is 2. The number of rotatable bonds is 2. The van der Waals surface area contributed by atoms with Gasteiger partial charge in [-0.15, -0.1) is 0 Å². The van der Waals surface area contributed by atoms with Gasteiger partial charge in [-0.2, -0.15) is 0 Å². The van der Waals surface area contributed by atoms with E-state index in [0.717, 1.165) is 12.8 Å². The Hall–Kier alpha value is -1.32. The van der Waals surface area contributed by atoms with Crippen LogP contribution in [0.4, 0.5) is 0 Å². The zero-order valence-electron chi connectivity index (χ0n) is 15.0. The van der Waals surface area contributed by atoms with Gasteiger partial charge in [0.1, 0.15) is 0 Å². The number of primary amides is 1. The fourth-order valence-electron chi connectivity index (χ4n) is 7.19. The van der Waals surface area contributed by atoms with Gasteiger partial charge in [-0.25, -0.2) is 0 Å². The molecule has 1 heterocycles. The Balaban J connectivity index is 1.67. The highest BCUT2D eigenvalue weighted by Gasteiger charge is 2.59. The fourth-order valence-corrected chi connectivity index (χ4v) is 7.19. The van der Waals surface area contributed by atoms with Gasteiger partial charge in [-0.1, -0.05) is 19.4 Å². The van der Waals surface area contributed by atoms with Crippen molar-refractivity contribution in [3.8, 4) is 0 Å². The summed E-state index contributed by atoms with van der Waals surface area (Å²) in [5.74, 6) is 2.00. The second kappa shape index (κ2) is 5.34. The van der Waals surface area contributed by atoms with Crippen LogP contribution in [-0.2, 0) is 9.59 Å². The largest absolute Gasteiger partial charge is 0.370 e. The maximum absolute atomic E-state index is 12.1. The van der Waals surface area contributed by atoms with E-state index in [0.29, 0.717) is 30.2 Å². The average Bonchev–Trinajstić information content (AvgIpc) is 2.94. The van der Waals surface area contributed by atoms with E-state index in [1.165, 1.54) is 32.1 Å². The van der Waals surface area contributed by atoms with Crippen molar-refractivity contribution < 1.29 is 9.59 Å². The zero-order valence-corrected chi connectivity index (χ0v) is 15.0. The molecular weight excluding hydrogens is 300 g/mol. The maximum Gasteiger partial charge on any atom is 0.246 e. The summed E-state index contributed by atoms with van der Waals surface area (Å²) in [5.41, 5.74) is 5.88. The molecule has 0 radical (unpaired) electrons. The molecule has 1 unspecified atom stereocenters. The summed E-state index contributed by atoms with van der Waals surface area (Å²) in [6, 6.07) is 0.335. The number of likely N-dealkylation sites (N-methyl/N-ethyl adjacent to an activating group) is 1. The van der Waals surface area contributed by atoms with Crippen LogP contribution in [0, 0.1) is 28.6 Å². The first-order valence-corrected chi connectivity index (χ1v) is 9.62. The van der Waals surface area contributed by atoms with Crippen molar-refractivity contribution in [1.82, 2.24) is 4.90 Å². The normalized spacial score (nSPS) is 47.1. The molecule has 4 aliphatic rings. The van der Waals surface area contributed by atoms with Gasteiger partial charge in [-0.05, 0) is 67.8 Å². The Morgan fingerprint density at radius 1 is 1.25 bits per heavy atom. The monoisotopic (exact) mass is 330 g/mol. The molecule has 3 aliphatic carbocycles. The molecule has 4 nitrogen and oxygen atoms in total. The molecule has 0 saturated heterocycles. The SMILES string of the molecule is CN1C(=O)C=C[C@@]2(C)C1CC[C@H]1[C@@H]3CCC[C@@]3(CC(N)=O)CC[C@@H]12. The van der Waals surface area contributed by atoms with Crippen LogP contribution in [0.2, 0.25) is 0 Å². The summed E-state index contributed by atoms with van der Waals surface area (Å²) in [4.78, 5) is 25.8. The summed E-state index contributed by atoms with van der Waals surface area (Å²) >= 11 is 0. The van der Waals surface area contributed by atoms with Crippen LogP contribution in [-0.4, -0.2) is 29.8 Å². The summed E-state index contributed by atoms with van der Waals surface area (Å²) in [5, 5.41) is 0. The smallest absolute Gasteiger partial charge is 0.246 e. The molecule has 2 N–H and O–H groups in total. The molecule has 132 valence electrons. The number of nitrogens with two attached hydrogens (primary N) is 1. The third-order valence-electron chi connectivity index (χ3n) is 8.18. The summed E-state index contributed by atoms with van der Waals surface area (Å²) in [6.45, 7) is 2.37. The van der Waals surface area contributed by atoms with E-state index >= 15 is 0 Å². The van der Waals surface area contributed by atoms with E-state index in [2.05, 4.69) is 13.0 Å². The number of nitrogens with zero attached hydrogens (tertiary/aromatic N) is 1. The van der Waals surface area contributed by atoms with Gasteiger partial charge in [0, 0.05) is 24.9 Å². The molecule has 4 rings (SSSR count). The number of carbonyl (C=O) groups excluding carboxylic acids is 2. The van der Waals surface area contributed by atoms with Gasteiger partial charge in [0.25, 0.3) is 0 Å². The van der Waals surface area contributed by atoms with Crippen molar-refractivity contribution in [2.24, 2.45) is 34.3 Å². The average molecular weight is 330 g/mol. The van der Waals surface area contributed by atoms with Crippen LogP contribution in [0.1, 0.15) is 58.3 Å². The first-order valence-electron chi connectivity index (χ1n) is 9.62. The van der Waals surface area contributed by atoms with Gasteiger partial charge in [0.2, 0.25) is 11.8 Å². The van der Waals surface area contributed by atoms with Crippen LogP contribution in [0.25, 0.3) is 0 Å². The Bertz CT molecular complexity index is 600. The van der Waals surface area contributed by atoms with Gasteiger partial charge in [-0.3, -0.25) is 9.59 Å². The molecule has 0 bridgehead atoms. The highest BCUT2D eigenvalue weighted by molar-refractivity contribution is 5.89. The fraction of sp³-hybridized carbons (Fsp3) is 0.800. The lowest BCUT2D eigenvalue weighted by Gasteiger charge is -2.60. The molecule has 0 aromatic heterocycles. The summed E-state index contributed by atoms with van der Waals surface area (Å²) in [7, 11) is 1.96. The van der Waals surface area contributed by atoms with E-state index in [1.54, 1.807) is 6.08 Å². The third-order valence-corrected chi connectivity index (χ3v) is 8.18. The van der Waals surface area contributed by atoms with Crippen LogP contribution < -0.4 is 5.73 Å². The molecule has 3 fully saturated rings. The highest BCUT2D eigenvalue weighted by Crippen LogP contribution is 2.64. The number of hydrogen-bond donors (Lipinski definition) is 1. The van der Waals surface area contributed by atoms with Crippen molar-refractivity contribution in [3.63, 3.8) is 0 Å². The molecule has 1 aliphatic heterocycles. The molecule has 6 atom stereocenters. The van der Waals surface area contributed by atoms with Gasteiger partial charge in [0.05, 0.1) is 0 Å². The lowest BCUT2D eigenvalue weighted by Crippen LogP contribution is -2.59. The van der Waals surface area contributed by atoms with Crippen LogP contribution in [0.15, 0.2) is 12.2 Å². The van der Waals surface area contributed by atoms with E-state index in [1.807, 2.05) is 11.9 Å². The van der Waals surface area contributed by atoms with Gasteiger partial charge in [0.15, 0.2) is 0 Å². The number of hydrogen-bond acceptors (Lipinski definition) is 2. The van der Waals surface area contributed by atoms with Crippen LogP contribution >= 0.6 is 0 Å². The van der Waals surface area contributed by atoms with E-state index < -0.39 is 0 Å². The quantitative estimate of drug-likeness (QED) is 0.846. The zero-order chi connectivity index (χ0) is 17.1. The van der Waals surface area contributed by atoms with Crippen molar-refractivity contribution in [1.29, 1.82) is 0 Å². The first-order chi connectivity index (χ1) is 11.4. The van der Waals surface area contributed by atoms with E-state index in [4.69, 9.17) is 5.73 Å². The molecule has 0 spiro atoms. The summed E-state index contributed by atoms with van der Waals surface area (Å²) < 4.78 is 0. The second-order valence-corrected chi connectivity index (χ2v) is 9.05. The molecule has 2 amide bonds. The minimum atomic E-state index is -0.122. The van der Waals surface area contributed by atoms with Crippen molar-refractivity contribution >= 4 is 11.8 Å². The molecule has 0 aromatic rings. The Kier molecular flexibility index (Phi) is 3.59. The van der Waals surface area contributed by atoms with E-state index in [-0.39, 0.29) is 22.6 Å². The van der Waals surface area contributed by atoms with Crippen LogP contribution in [0.3, 0.4) is 0 Å². The predicted molar refractivity (Wildman–Crippen MR) is 92.8 cm³/mol. The summed E-state index contributed by atoms with van der Waals surface area (Å²) in [6.07, 6.45) is 12.9. The lowest BCUT2D eigenvalue weighted by molar-refractivity contribution is -0.140. The van der Waals surface area contributed by atoms with E-state index in [9.17, 15) is 9.59 Å². The topological polar surface area (TPSA) is 63.4 Å².